The highest BCUT2D eigenvalue weighted by atomic mass is 15.2. The highest BCUT2D eigenvalue weighted by molar-refractivity contribution is 5.00. The monoisotopic (exact) mass is 222 g/mol. The van der Waals surface area contributed by atoms with Gasteiger partial charge in [-0.25, -0.2) is 4.98 Å². The quantitative estimate of drug-likeness (QED) is 0.840. The summed E-state index contributed by atoms with van der Waals surface area (Å²) >= 11 is 0. The number of likely N-dealkylation sites (tertiary alicyclic amines) is 1. The molecule has 0 aliphatic carbocycles. The molecule has 4 heteroatoms. The molecule has 4 nitrogen and oxygen atoms in total. The van der Waals surface area contributed by atoms with Crippen LogP contribution in [-0.2, 0) is 6.54 Å². The molecule has 0 amide bonds. The van der Waals surface area contributed by atoms with Crippen molar-refractivity contribution in [1.29, 1.82) is 0 Å². The maximum Gasteiger partial charge on any atom is 0.0951 e. The summed E-state index contributed by atoms with van der Waals surface area (Å²) in [6, 6.07) is 0.833. The van der Waals surface area contributed by atoms with Gasteiger partial charge in [0.1, 0.15) is 0 Å². The number of hydrogen-bond acceptors (Lipinski definition) is 3. The number of nitrogens with two attached hydrogens (primary N) is 1. The van der Waals surface area contributed by atoms with Crippen LogP contribution < -0.4 is 5.73 Å². The van der Waals surface area contributed by atoms with Crippen molar-refractivity contribution in [1.82, 2.24) is 14.5 Å². The highest BCUT2D eigenvalue weighted by Gasteiger charge is 2.18. The van der Waals surface area contributed by atoms with E-state index >= 15 is 0 Å². The zero-order chi connectivity index (χ0) is 11.5. The van der Waals surface area contributed by atoms with Crippen molar-refractivity contribution in [3.05, 3.63) is 18.2 Å². The molecule has 0 saturated carbocycles. The zero-order valence-electron chi connectivity index (χ0n) is 10.3. The highest BCUT2D eigenvalue weighted by Crippen LogP contribution is 2.15. The normalized spacial score (nSPS) is 22.9. The Hall–Kier alpha value is -0.870. The molecule has 2 heterocycles. The fourth-order valence-electron chi connectivity index (χ4n) is 2.38. The first-order valence-corrected chi connectivity index (χ1v) is 6.15. The van der Waals surface area contributed by atoms with Gasteiger partial charge in [0.2, 0.25) is 0 Å². The van der Waals surface area contributed by atoms with Crippen molar-refractivity contribution in [2.24, 2.45) is 5.73 Å². The summed E-state index contributed by atoms with van der Waals surface area (Å²) in [7, 11) is 0. The van der Waals surface area contributed by atoms with Gasteiger partial charge in [-0.2, -0.15) is 0 Å². The van der Waals surface area contributed by atoms with Crippen LogP contribution in [0.3, 0.4) is 0 Å². The number of imidazole rings is 1. The third-order valence-electron chi connectivity index (χ3n) is 3.23. The largest absolute Gasteiger partial charge is 0.331 e. The van der Waals surface area contributed by atoms with Crippen molar-refractivity contribution in [3.8, 4) is 0 Å². The minimum atomic E-state index is 0.351. The van der Waals surface area contributed by atoms with Gasteiger partial charge in [-0.05, 0) is 33.2 Å². The van der Waals surface area contributed by atoms with Gasteiger partial charge in [0.15, 0.2) is 0 Å². The van der Waals surface area contributed by atoms with Crippen molar-refractivity contribution in [3.63, 3.8) is 0 Å². The zero-order valence-corrected chi connectivity index (χ0v) is 10.3. The van der Waals surface area contributed by atoms with Gasteiger partial charge in [-0.3, -0.25) is 4.90 Å². The molecular weight excluding hydrogens is 200 g/mol. The van der Waals surface area contributed by atoms with Gasteiger partial charge in [-0.1, -0.05) is 0 Å². The second-order valence-corrected chi connectivity index (χ2v) is 5.02. The third-order valence-corrected chi connectivity index (χ3v) is 3.23. The molecule has 0 aromatic carbocycles. The minimum Gasteiger partial charge on any atom is -0.331 e. The molecule has 0 radical (unpaired) electrons. The van der Waals surface area contributed by atoms with E-state index < -0.39 is 0 Å². The van der Waals surface area contributed by atoms with Crippen molar-refractivity contribution in [2.45, 2.75) is 45.3 Å². The first-order valence-electron chi connectivity index (χ1n) is 6.15. The molecule has 90 valence electrons. The molecule has 16 heavy (non-hydrogen) atoms. The van der Waals surface area contributed by atoms with Crippen LogP contribution in [0.25, 0.3) is 0 Å². The summed E-state index contributed by atoms with van der Waals surface area (Å²) in [5, 5.41) is 0. The standard InChI is InChI=1S/C12H22N4/c1-10(2)16-9-14-6-12(16)8-15-5-3-4-11(13)7-15/h6,9-11H,3-5,7-8,13H2,1-2H3/t11-/m1/s1. The molecule has 2 N–H and O–H groups in total. The van der Waals surface area contributed by atoms with Crippen LogP contribution in [0.4, 0.5) is 0 Å². The second-order valence-electron chi connectivity index (χ2n) is 5.02. The van der Waals surface area contributed by atoms with Crippen molar-refractivity contribution >= 4 is 0 Å². The first kappa shape index (κ1) is 11.6. The number of aromatic nitrogens is 2. The number of nitrogens with zero attached hydrogens (tertiary/aromatic N) is 3. The Balaban J connectivity index is 2.00. The summed E-state index contributed by atoms with van der Waals surface area (Å²) in [5.74, 6) is 0. The fraction of sp³-hybridized carbons (Fsp3) is 0.750. The van der Waals surface area contributed by atoms with Crippen molar-refractivity contribution in [2.75, 3.05) is 13.1 Å². The van der Waals surface area contributed by atoms with Crippen LogP contribution in [-0.4, -0.2) is 33.6 Å². The van der Waals surface area contributed by atoms with Crippen LogP contribution >= 0.6 is 0 Å². The number of rotatable bonds is 3. The van der Waals surface area contributed by atoms with Crippen LogP contribution in [0.15, 0.2) is 12.5 Å². The Bertz CT molecular complexity index is 332. The van der Waals surface area contributed by atoms with E-state index in [0.717, 1.165) is 19.6 Å². The average molecular weight is 222 g/mol. The molecule has 1 aliphatic heterocycles. The van der Waals surface area contributed by atoms with E-state index in [4.69, 9.17) is 5.73 Å². The van der Waals surface area contributed by atoms with E-state index in [9.17, 15) is 0 Å². The lowest BCUT2D eigenvalue weighted by molar-refractivity contribution is 0.196. The molecule has 1 aliphatic rings. The molecule has 1 aromatic rings. The lowest BCUT2D eigenvalue weighted by atomic mass is 10.1. The van der Waals surface area contributed by atoms with Crippen LogP contribution in [0, 0.1) is 0 Å². The SMILES string of the molecule is CC(C)n1cncc1CN1CCC[C@@H](N)C1. The summed E-state index contributed by atoms with van der Waals surface area (Å²) in [6.45, 7) is 7.53. The molecule has 0 spiro atoms. The van der Waals surface area contributed by atoms with Crippen molar-refractivity contribution < 1.29 is 0 Å². The van der Waals surface area contributed by atoms with Gasteiger partial charge < -0.3 is 10.3 Å². The smallest absolute Gasteiger partial charge is 0.0951 e. The Labute approximate surface area is 97.4 Å². The predicted molar refractivity (Wildman–Crippen MR) is 65.1 cm³/mol. The Morgan fingerprint density at radius 1 is 1.56 bits per heavy atom. The van der Waals surface area contributed by atoms with E-state index in [1.165, 1.54) is 18.5 Å². The molecule has 1 saturated heterocycles. The summed E-state index contributed by atoms with van der Waals surface area (Å²) in [4.78, 5) is 6.67. The molecule has 1 atom stereocenters. The van der Waals surface area contributed by atoms with Crippen LogP contribution in [0.1, 0.15) is 38.4 Å². The Morgan fingerprint density at radius 3 is 3.06 bits per heavy atom. The van der Waals surface area contributed by atoms with Gasteiger partial charge in [0.25, 0.3) is 0 Å². The summed E-state index contributed by atoms with van der Waals surface area (Å²) in [6.07, 6.45) is 6.28. The van der Waals surface area contributed by atoms with Gasteiger partial charge in [0, 0.05) is 31.4 Å². The maximum absolute atomic E-state index is 5.99. The van der Waals surface area contributed by atoms with Crippen LogP contribution in [0.2, 0.25) is 0 Å². The number of hydrogen-bond donors (Lipinski definition) is 1. The van der Waals surface area contributed by atoms with Crippen LogP contribution in [0.5, 0.6) is 0 Å². The van der Waals surface area contributed by atoms with E-state index in [-0.39, 0.29) is 0 Å². The summed E-state index contributed by atoms with van der Waals surface area (Å²) < 4.78 is 2.24. The van der Waals surface area contributed by atoms with E-state index in [0.29, 0.717) is 12.1 Å². The minimum absolute atomic E-state index is 0.351. The lowest BCUT2D eigenvalue weighted by Crippen LogP contribution is -2.42. The summed E-state index contributed by atoms with van der Waals surface area (Å²) in [5.41, 5.74) is 7.28. The maximum atomic E-state index is 5.99. The molecular formula is C12H22N4. The molecule has 2 rings (SSSR count). The Morgan fingerprint density at radius 2 is 2.38 bits per heavy atom. The average Bonchev–Trinajstić information content (AvgIpc) is 2.66. The predicted octanol–water partition coefficient (Wildman–Crippen LogP) is 1.39. The van der Waals surface area contributed by atoms with E-state index in [2.05, 4.69) is 28.3 Å². The molecule has 0 bridgehead atoms. The van der Waals surface area contributed by atoms with E-state index in [1.807, 2.05) is 12.5 Å². The van der Waals surface area contributed by atoms with E-state index in [1.54, 1.807) is 0 Å². The molecule has 1 fully saturated rings. The third kappa shape index (κ3) is 2.62. The van der Waals surface area contributed by atoms with Gasteiger partial charge >= 0.3 is 0 Å². The molecule has 1 aromatic heterocycles. The number of piperidine rings is 1. The lowest BCUT2D eigenvalue weighted by Gasteiger charge is -2.30. The fourth-order valence-corrected chi connectivity index (χ4v) is 2.38. The topological polar surface area (TPSA) is 47.1 Å². The second kappa shape index (κ2) is 4.97. The first-order chi connectivity index (χ1) is 7.66. The van der Waals surface area contributed by atoms with Gasteiger partial charge in [0.05, 0.1) is 12.0 Å². The van der Waals surface area contributed by atoms with Gasteiger partial charge in [-0.15, -0.1) is 0 Å². The Kier molecular flexibility index (Phi) is 3.61. The molecule has 0 unspecified atom stereocenters.